The van der Waals surface area contributed by atoms with Gasteiger partial charge in [-0.05, 0) is 19.1 Å². The first-order valence-corrected chi connectivity index (χ1v) is 7.82. The van der Waals surface area contributed by atoms with E-state index in [0.29, 0.717) is 37.4 Å². The van der Waals surface area contributed by atoms with Crippen molar-refractivity contribution in [1.82, 2.24) is 14.9 Å². The fraction of sp³-hybridized carbons (Fsp3) is 0.353. The molecule has 3 rings (SSSR count). The number of rotatable bonds is 3. The van der Waals surface area contributed by atoms with Gasteiger partial charge in [-0.25, -0.2) is 4.98 Å². The molecule has 1 N–H and O–H groups in total. The molecule has 7 heteroatoms. The number of methoxy groups -OCH3 is 1. The molecule has 1 aliphatic heterocycles. The Hall–Kier alpha value is -2.83. The SMILES string of the molecule is COc1ccnc(N2CCN(C(=O)c3cc(C)[nH]c(=O)c3)CC2)c1. The topological polar surface area (TPSA) is 78.5 Å². The lowest BCUT2D eigenvalue weighted by Gasteiger charge is -2.35. The normalized spacial score (nSPS) is 14.6. The number of anilines is 1. The molecule has 0 aromatic carbocycles. The summed E-state index contributed by atoms with van der Waals surface area (Å²) in [4.78, 5) is 35.0. The van der Waals surface area contributed by atoms with Crippen LogP contribution in [0, 0.1) is 6.92 Å². The summed E-state index contributed by atoms with van der Waals surface area (Å²) in [6.07, 6.45) is 1.71. The van der Waals surface area contributed by atoms with Gasteiger partial charge in [0.15, 0.2) is 0 Å². The van der Waals surface area contributed by atoms with Gasteiger partial charge >= 0.3 is 0 Å². The monoisotopic (exact) mass is 328 g/mol. The molecule has 2 aromatic rings. The number of hydrogen-bond acceptors (Lipinski definition) is 5. The van der Waals surface area contributed by atoms with E-state index in [-0.39, 0.29) is 11.5 Å². The maximum Gasteiger partial charge on any atom is 0.254 e. The first kappa shape index (κ1) is 16.0. The van der Waals surface area contributed by atoms with Gasteiger partial charge in [0.2, 0.25) is 5.56 Å². The number of aromatic amines is 1. The lowest BCUT2D eigenvalue weighted by molar-refractivity contribution is 0.0746. The van der Waals surface area contributed by atoms with Crippen LogP contribution in [0.25, 0.3) is 0 Å². The second kappa shape index (κ2) is 6.74. The highest BCUT2D eigenvalue weighted by Gasteiger charge is 2.23. The Bertz CT molecular complexity index is 794. The Kier molecular flexibility index (Phi) is 4.50. The molecular weight excluding hydrogens is 308 g/mol. The van der Waals surface area contributed by atoms with Crippen molar-refractivity contribution in [2.45, 2.75) is 6.92 Å². The Morgan fingerprint density at radius 3 is 2.62 bits per heavy atom. The molecule has 24 heavy (non-hydrogen) atoms. The third-order valence-electron chi connectivity index (χ3n) is 4.07. The number of hydrogen-bond donors (Lipinski definition) is 1. The molecule has 1 fully saturated rings. The molecule has 1 saturated heterocycles. The molecule has 0 saturated carbocycles. The van der Waals surface area contributed by atoms with E-state index in [1.807, 2.05) is 6.07 Å². The Morgan fingerprint density at radius 1 is 1.21 bits per heavy atom. The van der Waals surface area contributed by atoms with Gasteiger partial charge < -0.3 is 19.5 Å². The van der Waals surface area contributed by atoms with Crippen LogP contribution in [0.4, 0.5) is 5.82 Å². The number of aryl methyl sites for hydroxylation is 1. The average Bonchev–Trinajstić information content (AvgIpc) is 2.60. The van der Waals surface area contributed by atoms with Crippen molar-refractivity contribution < 1.29 is 9.53 Å². The molecule has 0 radical (unpaired) electrons. The summed E-state index contributed by atoms with van der Waals surface area (Å²) in [7, 11) is 1.62. The molecule has 1 aliphatic rings. The Balaban J connectivity index is 1.68. The predicted molar refractivity (Wildman–Crippen MR) is 90.7 cm³/mol. The van der Waals surface area contributed by atoms with Crippen LogP contribution in [0.3, 0.4) is 0 Å². The summed E-state index contributed by atoms with van der Waals surface area (Å²) in [6.45, 7) is 4.32. The van der Waals surface area contributed by atoms with Crippen LogP contribution in [0.1, 0.15) is 16.1 Å². The van der Waals surface area contributed by atoms with Gasteiger partial charge in [-0.1, -0.05) is 0 Å². The lowest BCUT2D eigenvalue weighted by atomic mass is 10.2. The van der Waals surface area contributed by atoms with Crippen LogP contribution in [0.5, 0.6) is 5.75 Å². The zero-order valence-electron chi connectivity index (χ0n) is 13.8. The maximum absolute atomic E-state index is 12.6. The largest absolute Gasteiger partial charge is 0.497 e. The van der Waals surface area contributed by atoms with Crippen LogP contribution in [-0.2, 0) is 0 Å². The number of amides is 1. The minimum atomic E-state index is -0.252. The summed E-state index contributed by atoms with van der Waals surface area (Å²) in [5.41, 5.74) is 0.867. The predicted octanol–water partition coefficient (Wildman–Crippen LogP) is 1.05. The van der Waals surface area contributed by atoms with Crippen molar-refractivity contribution >= 4 is 11.7 Å². The van der Waals surface area contributed by atoms with Crippen LogP contribution in [-0.4, -0.2) is 54.1 Å². The second-order valence-corrected chi connectivity index (χ2v) is 5.75. The number of carbonyl (C=O) groups excluding carboxylic acids is 1. The number of carbonyl (C=O) groups is 1. The number of nitrogens with one attached hydrogen (secondary N) is 1. The highest BCUT2D eigenvalue weighted by Crippen LogP contribution is 2.19. The third kappa shape index (κ3) is 3.40. The van der Waals surface area contributed by atoms with Crippen molar-refractivity contribution in [3.05, 3.63) is 52.1 Å². The number of ether oxygens (including phenoxy) is 1. The standard InChI is InChI=1S/C17H20N4O3/c1-12-9-13(10-16(22)19-12)17(23)21-7-5-20(6-8-21)15-11-14(24-2)3-4-18-15/h3-4,9-11H,5-8H2,1-2H3,(H,19,22). The molecule has 7 nitrogen and oxygen atoms in total. The van der Waals surface area contributed by atoms with Crippen molar-refractivity contribution in [3.63, 3.8) is 0 Å². The summed E-state index contributed by atoms with van der Waals surface area (Å²) >= 11 is 0. The van der Waals surface area contributed by atoms with Crippen molar-refractivity contribution in [2.75, 3.05) is 38.2 Å². The quantitative estimate of drug-likeness (QED) is 0.911. The minimum absolute atomic E-state index is 0.109. The van der Waals surface area contributed by atoms with E-state index in [0.717, 1.165) is 11.6 Å². The van der Waals surface area contributed by atoms with Gasteiger partial charge in [-0.2, -0.15) is 0 Å². The summed E-state index contributed by atoms with van der Waals surface area (Å²) in [5.74, 6) is 1.49. The molecule has 2 aromatic heterocycles. The smallest absolute Gasteiger partial charge is 0.254 e. The van der Waals surface area contributed by atoms with E-state index in [4.69, 9.17) is 4.74 Å². The van der Waals surface area contributed by atoms with E-state index in [2.05, 4.69) is 14.9 Å². The van der Waals surface area contributed by atoms with Crippen LogP contribution in [0.15, 0.2) is 35.3 Å². The Morgan fingerprint density at radius 2 is 1.96 bits per heavy atom. The first-order valence-electron chi connectivity index (χ1n) is 7.82. The molecular formula is C17H20N4O3. The maximum atomic E-state index is 12.6. The van der Waals surface area contributed by atoms with E-state index < -0.39 is 0 Å². The number of pyridine rings is 2. The molecule has 3 heterocycles. The molecule has 126 valence electrons. The second-order valence-electron chi connectivity index (χ2n) is 5.75. The first-order chi connectivity index (χ1) is 11.6. The number of piperazine rings is 1. The highest BCUT2D eigenvalue weighted by molar-refractivity contribution is 5.94. The van der Waals surface area contributed by atoms with Crippen LogP contribution >= 0.6 is 0 Å². The van der Waals surface area contributed by atoms with E-state index >= 15 is 0 Å². The minimum Gasteiger partial charge on any atom is -0.497 e. The van der Waals surface area contributed by atoms with E-state index in [1.54, 1.807) is 37.3 Å². The lowest BCUT2D eigenvalue weighted by Crippen LogP contribution is -2.49. The summed E-state index contributed by atoms with van der Waals surface area (Å²) < 4.78 is 5.22. The number of aromatic nitrogens is 2. The van der Waals surface area contributed by atoms with Gasteiger partial charge in [0.25, 0.3) is 5.91 Å². The molecule has 0 spiro atoms. The third-order valence-corrected chi connectivity index (χ3v) is 4.07. The van der Waals surface area contributed by atoms with Gasteiger partial charge in [-0.15, -0.1) is 0 Å². The summed E-state index contributed by atoms with van der Waals surface area (Å²) in [5, 5.41) is 0. The fourth-order valence-corrected chi connectivity index (χ4v) is 2.83. The number of H-pyrrole nitrogens is 1. The van der Waals surface area contributed by atoms with Gasteiger partial charge in [-0.3, -0.25) is 9.59 Å². The zero-order chi connectivity index (χ0) is 17.1. The van der Waals surface area contributed by atoms with E-state index in [9.17, 15) is 9.59 Å². The van der Waals surface area contributed by atoms with Crippen molar-refractivity contribution in [2.24, 2.45) is 0 Å². The van der Waals surface area contributed by atoms with Gasteiger partial charge in [0.1, 0.15) is 11.6 Å². The van der Waals surface area contributed by atoms with Gasteiger partial charge in [0.05, 0.1) is 7.11 Å². The summed E-state index contributed by atoms with van der Waals surface area (Å²) in [6, 6.07) is 6.75. The Labute approximate surface area is 139 Å². The van der Waals surface area contributed by atoms with Crippen molar-refractivity contribution in [3.8, 4) is 5.75 Å². The molecule has 0 atom stereocenters. The molecule has 0 unspecified atom stereocenters. The number of nitrogens with zero attached hydrogens (tertiary/aromatic N) is 3. The van der Waals surface area contributed by atoms with Gasteiger partial charge in [0, 0.05) is 55.8 Å². The van der Waals surface area contributed by atoms with E-state index in [1.165, 1.54) is 6.07 Å². The molecule has 0 bridgehead atoms. The van der Waals surface area contributed by atoms with Crippen LogP contribution in [0.2, 0.25) is 0 Å². The van der Waals surface area contributed by atoms with Crippen molar-refractivity contribution in [1.29, 1.82) is 0 Å². The average molecular weight is 328 g/mol. The fourth-order valence-electron chi connectivity index (χ4n) is 2.83. The highest BCUT2D eigenvalue weighted by atomic mass is 16.5. The zero-order valence-corrected chi connectivity index (χ0v) is 13.8. The van der Waals surface area contributed by atoms with Crippen LogP contribution < -0.4 is 15.2 Å². The molecule has 1 amide bonds. The molecule has 0 aliphatic carbocycles.